The molecule has 4 aliphatic rings. The molecule has 1 amide bonds. The Labute approximate surface area is 136 Å². The summed E-state index contributed by atoms with van der Waals surface area (Å²) in [5.41, 5.74) is 2.74. The Bertz CT molecular complexity index is 778. The van der Waals surface area contributed by atoms with E-state index in [1.165, 1.54) is 25.9 Å². The molecule has 6 rings (SSSR count). The monoisotopic (exact) mass is 360 g/mol. The van der Waals surface area contributed by atoms with E-state index in [2.05, 4.69) is 35.9 Å². The lowest BCUT2D eigenvalue weighted by atomic mass is 9.82. The lowest BCUT2D eigenvalue weighted by Crippen LogP contribution is -2.59. The molecule has 1 unspecified atom stereocenters. The minimum absolute atomic E-state index is 0.166. The second-order valence-corrected chi connectivity index (χ2v) is 7.60. The van der Waals surface area contributed by atoms with Crippen molar-refractivity contribution in [2.75, 3.05) is 19.6 Å². The van der Waals surface area contributed by atoms with Gasteiger partial charge in [-0.2, -0.15) is 5.10 Å². The van der Waals surface area contributed by atoms with Crippen LogP contribution in [-0.4, -0.2) is 51.6 Å². The van der Waals surface area contributed by atoms with E-state index in [-0.39, 0.29) is 5.91 Å². The van der Waals surface area contributed by atoms with Crippen molar-refractivity contribution >= 4 is 32.7 Å². The molecule has 2 aromatic rings. The fourth-order valence-corrected chi connectivity index (χ4v) is 4.87. The molecular weight excluding hydrogens is 344 g/mol. The van der Waals surface area contributed by atoms with Crippen LogP contribution in [0.1, 0.15) is 28.9 Å². The van der Waals surface area contributed by atoms with Gasteiger partial charge in [0.2, 0.25) is 0 Å². The minimum atomic E-state index is 0.166. The van der Waals surface area contributed by atoms with E-state index in [1.807, 2.05) is 12.1 Å². The number of carbonyl (C=O) groups is 1. The molecule has 114 valence electrons. The van der Waals surface area contributed by atoms with Gasteiger partial charge in [-0.15, -0.1) is 0 Å². The summed E-state index contributed by atoms with van der Waals surface area (Å²) in [6.07, 6.45) is 2.44. The van der Waals surface area contributed by atoms with Gasteiger partial charge >= 0.3 is 0 Å². The number of fused-ring (bicyclic) bond motifs is 3. The molecule has 0 aliphatic carbocycles. The van der Waals surface area contributed by atoms with Crippen molar-refractivity contribution in [2.24, 2.45) is 5.92 Å². The highest BCUT2D eigenvalue weighted by Crippen LogP contribution is 2.37. The lowest BCUT2D eigenvalue weighted by molar-refractivity contribution is 0.00366. The van der Waals surface area contributed by atoms with E-state index in [1.54, 1.807) is 0 Å². The zero-order chi connectivity index (χ0) is 14.8. The number of nitrogens with one attached hydrogen (secondary N) is 1. The average Bonchev–Trinajstić information content (AvgIpc) is 2.95. The predicted octanol–water partition coefficient (Wildman–Crippen LogP) is 2.38. The van der Waals surface area contributed by atoms with Gasteiger partial charge in [0, 0.05) is 22.4 Å². The number of amides is 1. The predicted molar refractivity (Wildman–Crippen MR) is 86.6 cm³/mol. The zero-order valence-electron chi connectivity index (χ0n) is 12.2. The fourth-order valence-electron chi connectivity index (χ4n) is 4.42. The molecule has 1 aromatic heterocycles. The van der Waals surface area contributed by atoms with Crippen molar-refractivity contribution in [1.29, 1.82) is 0 Å². The first-order chi connectivity index (χ1) is 10.7. The molecule has 3 fully saturated rings. The topological polar surface area (TPSA) is 52.2 Å². The van der Waals surface area contributed by atoms with E-state index in [0.29, 0.717) is 18.5 Å². The number of benzene rings is 1. The third-order valence-electron chi connectivity index (χ3n) is 5.54. The van der Waals surface area contributed by atoms with E-state index in [4.69, 9.17) is 0 Å². The summed E-state index contributed by atoms with van der Waals surface area (Å²) >= 11 is 3.51. The van der Waals surface area contributed by atoms with Crippen LogP contribution < -0.4 is 0 Å². The molecule has 0 saturated carbocycles. The van der Waals surface area contributed by atoms with Gasteiger partial charge in [-0.1, -0.05) is 15.9 Å². The van der Waals surface area contributed by atoms with Gasteiger partial charge in [-0.3, -0.25) is 9.89 Å². The molecule has 6 heteroatoms. The molecule has 1 N–H and O–H groups in total. The number of hydrogen-bond acceptors (Lipinski definition) is 3. The van der Waals surface area contributed by atoms with Crippen LogP contribution in [0.2, 0.25) is 0 Å². The van der Waals surface area contributed by atoms with Gasteiger partial charge < -0.3 is 9.80 Å². The van der Waals surface area contributed by atoms with Crippen molar-refractivity contribution < 1.29 is 4.79 Å². The van der Waals surface area contributed by atoms with Gasteiger partial charge in [0.15, 0.2) is 0 Å². The number of hydrogen-bond donors (Lipinski definition) is 1. The van der Waals surface area contributed by atoms with Gasteiger partial charge in [-0.25, -0.2) is 0 Å². The Balaban J connectivity index is 1.59. The van der Waals surface area contributed by atoms with Gasteiger partial charge in [-0.05, 0) is 44.0 Å². The molecule has 2 bridgehead atoms. The van der Waals surface area contributed by atoms with Crippen LogP contribution >= 0.6 is 15.9 Å². The van der Waals surface area contributed by atoms with Crippen LogP contribution in [0.3, 0.4) is 0 Å². The molecule has 0 radical (unpaired) electrons. The smallest absolute Gasteiger partial charge is 0.255 e. The molecule has 22 heavy (non-hydrogen) atoms. The highest BCUT2D eigenvalue weighted by molar-refractivity contribution is 9.10. The molecular formula is C16H17BrN4O. The Morgan fingerprint density at radius 1 is 1.27 bits per heavy atom. The number of rotatable bonds is 1. The van der Waals surface area contributed by atoms with Crippen LogP contribution in [0.4, 0.5) is 0 Å². The number of H-pyrrole nitrogens is 1. The number of carbonyl (C=O) groups excluding carboxylic acids is 1. The van der Waals surface area contributed by atoms with Crippen molar-refractivity contribution in [3.63, 3.8) is 0 Å². The van der Waals surface area contributed by atoms with Crippen LogP contribution in [0.15, 0.2) is 16.6 Å². The lowest BCUT2D eigenvalue weighted by Gasteiger charge is -2.49. The van der Waals surface area contributed by atoms with Gasteiger partial charge in [0.1, 0.15) is 0 Å². The Morgan fingerprint density at radius 3 is 2.82 bits per heavy atom. The Hall–Kier alpha value is -1.40. The molecule has 5 nitrogen and oxygen atoms in total. The summed E-state index contributed by atoms with van der Waals surface area (Å²) in [4.78, 5) is 17.6. The summed E-state index contributed by atoms with van der Waals surface area (Å²) in [6, 6.07) is 4.28. The summed E-state index contributed by atoms with van der Waals surface area (Å²) in [5, 5.41) is 8.53. The van der Waals surface area contributed by atoms with Gasteiger partial charge in [0.25, 0.3) is 5.91 Å². The second kappa shape index (κ2) is 4.55. The SMILES string of the molecule is O=C1c2cc(Br)cc3[nH]nc(c23)CN1C1CN2CCC1CC2. The van der Waals surface area contributed by atoms with E-state index in [9.17, 15) is 4.79 Å². The number of aromatic amines is 1. The maximum atomic E-state index is 13.1. The van der Waals surface area contributed by atoms with Crippen LogP contribution in [0.25, 0.3) is 10.9 Å². The molecule has 5 heterocycles. The first kappa shape index (κ1) is 13.1. The van der Waals surface area contributed by atoms with Crippen LogP contribution in [0, 0.1) is 5.92 Å². The number of halogens is 1. The maximum absolute atomic E-state index is 13.1. The van der Waals surface area contributed by atoms with Crippen LogP contribution in [-0.2, 0) is 6.54 Å². The number of nitrogens with zero attached hydrogens (tertiary/aromatic N) is 3. The summed E-state index contributed by atoms with van der Waals surface area (Å²) < 4.78 is 0.925. The summed E-state index contributed by atoms with van der Waals surface area (Å²) in [7, 11) is 0. The highest BCUT2D eigenvalue weighted by atomic mass is 79.9. The first-order valence-corrected chi connectivity index (χ1v) is 8.70. The highest BCUT2D eigenvalue weighted by Gasteiger charge is 2.41. The van der Waals surface area contributed by atoms with Crippen molar-refractivity contribution in [3.05, 3.63) is 27.9 Å². The normalized spacial score (nSPS) is 30.3. The zero-order valence-corrected chi connectivity index (χ0v) is 13.8. The Morgan fingerprint density at radius 2 is 2.09 bits per heavy atom. The van der Waals surface area contributed by atoms with Crippen molar-refractivity contribution in [1.82, 2.24) is 20.0 Å². The maximum Gasteiger partial charge on any atom is 0.255 e. The summed E-state index contributed by atoms with van der Waals surface area (Å²) in [6.45, 7) is 4.05. The van der Waals surface area contributed by atoms with Gasteiger partial charge in [0.05, 0.1) is 23.3 Å². The second-order valence-electron chi connectivity index (χ2n) is 6.68. The molecule has 3 saturated heterocycles. The van der Waals surface area contributed by atoms with Crippen molar-refractivity contribution in [3.8, 4) is 0 Å². The Kier molecular flexibility index (Phi) is 2.71. The fraction of sp³-hybridized carbons (Fsp3) is 0.500. The number of piperidine rings is 3. The minimum Gasteiger partial charge on any atom is -0.328 e. The quantitative estimate of drug-likeness (QED) is 0.849. The van der Waals surface area contributed by atoms with E-state index < -0.39 is 0 Å². The molecule has 0 spiro atoms. The molecule has 1 aromatic carbocycles. The summed E-state index contributed by atoms with van der Waals surface area (Å²) in [5.74, 6) is 0.816. The van der Waals surface area contributed by atoms with E-state index in [0.717, 1.165) is 33.2 Å². The van der Waals surface area contributed by atoms with Crippen LogP contribution in [0.5, 0.6) is 0 Å². The third-order valence-corrected chi connectivity index (χ3v) is 5.99. The molecule has 4 aliphatic heterocycles. The third kappa shape index (κ3) is 1.74. The number of aromatic nitrogens is 2. The largest absolute Gasteiger partial charge is 0.328 e. The first-order valence-electron chi connectivity index (χ1n) is 7.90. The van der Waals surface area contributed by atoms with Crippen molar-refractivity contribution in [2.45, 2.75) is 25.4 Å². The molecule has 1 atom stereocenters. The van der Waals surface area contributed by atoms with E-state index >= 15 is 0 Å². The average molecular weight is 361 g/mol. The standard InChI is InChI=1S/C16H17BrN4O/c17-10-5-11-15-12(6-10)18-19-13(15)7-21(16(11)22)14-8-20-3-1-9(14)2-4-20/h5-6,9,14H,1-4,7-8H2,(H,18,19).